The van der Waals surface area contributed by atoms with Gasteiger partial charge in [-0.1, -0.05) is 35.0 Å². The summed E-state index contributed by atoms with van der Waals surface area (Å²) in [5.41, 5.74) is 3.20. The normalized spacial score (nSPS) is 12.6. The summed E-state index contributed by atoms with van der Waals surface area (Å²) in [7, 11) is 0. The van der Waals surface area contributed by atoms with Crippen LogP contribution in [0.5, 0.6) is 0 Å². The van der Waals surface area contributed by atoms with Crippen molar-refractivity contribution in [2.45, 2.75) is 32.0 Å². The maximum atomic E-state index is 11.8. The van der Waals surface area contributed by atoms with Gasteiger partial charge in [-0.3, -0.25) is 4.79 Å². The van der Waals surface area contributed by atoms with Crippen LogP contribution in [0.1, 0.15) is 34.8 Å². The lowest BCUT2D eigenvalue weighted by atomic mass is 10.0. The van der Waals surface area contributed by atoms with Crippen LogP contribution in [0.15, 0.2) is 18.2 Å². The third-order valence-electron chi connectivity index (χ3n) is 2.43. The Bertz CT molecular complexity index is 344. The van der Waals surface area contributed by atoms with Gasteiger partial charge in [0.15, 0.2) is 5.78 Å². The predicted octanol–water partition coefficient (Wildman–Crippen LogP) is 3.66. The molecule has 1 atom stereocenters. The minimum absolute atomic E-state index is 0.0513. The minimum Gasteiger partial charge on any atom is -0.293 e. The number of Topliss-reactive ketones (excluding diaryl/α,β-unsaturated/α-hetero) is 1. The first kappa shape index (κ1) is 11.4. The fourth-order valence-corrected chi connectivity index (χ4v) is 1.53. The molecule has 0 N–H and O–H groups in total. The second kappa shape index (κ2) is 4.74. The molecule has 0 bridgehead atoms. The van der Waals surface area contributed by atoms with E-state index in [1.807, 2.05) is 32.0 Å². The van der Waals surface area contributed by atoms with Gasteiger partial charge in [0, 0.05) is 5.56 Å². The standard InChI is InChI=1S/C12H15BrO/c1-4-11(13)12(14)10-6-5-8(2)9(3)7-10/h5-7,11H,4H2,1-3H3/t11-/m1/s1. The summed E-state index contributed by atoms with van der Waals surface area (Å²) < 4.78 is 0. The summed E-state index contributed by atoms with van der Waals surface area (Å²) in [5, 5.41) is 0. The predicted molar refractivity (Wildman–Crippen MR) is 63.3 cm³/mol. The number of benzene rings is 1. The summed E-state index contributed by atoms with van der Waals surface area (Å²) in [4.78, 5) is 11.7. The van der Waals surface area contributed by atoms with Crippen LogP contribution in [0, 0.1) is 13.8 Å². The number of carbonyl (C=O) groups excluding carboxylic acids is 1. The summed E-state index contributed by atoms with van der Waals surface area (Å²) in [6.07, 6.45) is 0.825. The van der Waals surface area contributed by atoms with Crippen LogP contribution in [0.3, 0.4) is 0 Å². The number of ketones is 1. The molecule has 0 aliphatic rings. The Morgan fingerprint density at radius 2 is 2.00 bits per heavy atom. The van der Waals surface area contributed by atoms with E-state index in [1.165, 1.54) is 11.1 Å². The SMILES string of the molecule is CC[C@@H](Br)C(=O)c1ccc(C)c(C)c1. The third-order valence-corrected chi connectivity index (χ3v) is 3.50. The first-order valence-corrected chi connectivity index (χ1v) is 5.73. The zero-order valence-corrected chi connectivity index (χ0v) is 10.4. The number of hydrogen-bond donors (Lipinski definition) is 0. The first-order valence-electron chi connectivity index (χ1n) is 4.81. The molecular formula is C12H15BrO. The Hall–Kier alpha value is -0.630. The second-order valence-corrected chi connectivity index (χ2v) is 4.64. The molecule has 1 aromatic rings. The van der Waals surface area contributed by atoms with Crippen molar-refractivity contribution in [3.8, 4) is 0 Å². The van der Waals surface area contributed by atoms with Crippen LogP contribution in [-0.2, 0) is 0 Å². The zero-order valence-electron chi connectivity index (χ0n) is 8.80. The molecule has 0 aliphatic carbocycles. The van der Waals surface area contributed by atoms with Crippen molar-refractivity contribution in [2.24, 2.45) is 0 Å². The molecule has 0 radical (unpaired) electrons. The lowest BCUT2D eigenvalue weighted by Gasteiger charge is -2.07. The molecule has 2 heteroatoms. The highest BCUT2D eigenvalue weighted by Gasteiger charge is 2.14. The van der Waals surface area contributed by atoms with Gasteiger partial charge >= 0.3 is 0 Å². The smallest absolute Gasteiger partial charge is 0.176 e. The Labute approximate surface area is 93.7 Å². The Kier molecular flexibility index (Phi) is 3.87. The number of alkyl halides is 1. The number of aryl methyl sites for hydroxylation is 2. The maximum absolute atomic E-state index is 11.8. The van der Waals surface area contributed by atoms with Crippen molar-refractivity contribution in [2.75, 3.05) is 0 Å². The topological polar surface area (TPSA) is 17.1 Å². The van der Waals surface area contributed by atoms with Crippen LogP contribution in [0.2, 0.25) is 0 Å². The van der Waals surface area contributed by atoms with Gasteiger partial charge in [0.2, 0.25) is 0 Å². The number of carbonyl (C=O) groups is 1. The Balaban J connectivity index is 2.97. The van der Waals surface area contributed by atoms with E-state index in [1.54, 1.807) is 0 Å². The molecule has 0 saturated carbocycles. The van der Waals surface area contributed by atoms with E-state index in [0.29, 0.717) is 0 Å². The summed E-state index contributed by atoms with van der Waals surface area (Å²) in [5.74, 6) is 0.176. The van der Waals surface area contributed by atoms with Gasteiger partial charge in [0.05, 0.1) is 4.83 Å². The number of hydrogen-bond acceptors (Lipinski definition) is 1. The van der Waals surface area contributed by atoms with E-state index in [0.717, 1.165) is 12.0 Å². The van der Waals surface area contributed by atoms with Gasteiger partial charge in [0.1, 0.15) is 0 Å². The molecular weight excluding hydrogens is 240 g/mol. The molecule has 0 fully saturated rings. The van der Waals surface area contributed by atoms with E-state index in [9.17, 15) is 4.79 Å². The molecule has 0 unspecified atom stereocenters. The molecule has 0 aliphatic heterocycles. The fourth-order valence-electron chi connectivity index (χ4n) is 1.26. The maximum Gasteiger partial charge on any atom is 0.176 e. The summed E-state index contributed by atoms with van der Waals surface area (Å²) in [6.45, 7) is 6.08. The monoisotopic (exact) mass is 254 g/mol. The fraction of sp³-hybridized carbons (Fsp3) is 0.417. The van der Waals surface area contributed by atoms with Crippen LogP contribution >= 0.6 is 15.9 Å². The van der Waals surface area contributed by atoms with Gasteiger partial charge in [-0.2, -0.15) is 0 Å². The number of rotatable bonds is 3. The minimum atomic E-state index is -0.0513. The van der Waals surface area contributed by atoms with Crippen LogP contribution in [0.25, 0.3) is 0 Å². The summed E-state index contributed by atoms with van der Waals surface area (Å²) >= 11 is 3.37. The van der Waals surface area contributed by atoms with Crippen molar-refractivity contribution in [1.29, 1.82) is 0 Å². The van der Waals surface area contributed by atoms with Crippen molar-refractivity contribution < 1.29 is 4.79 Å². The van der Waals surface area contributed by atoms with Crippen molar-refractivity contribution >= 4 is 21.7 Å². The third kappa shape index (κ3) is 2.44. The molecule has 0 saturated heterocycles. The summed E-state index contributed by atoms with van der Waals surface area (Å²) in [6, 6.07) is 5.86. The average molecular weight is 255 g/mol. The van der Waals surface area contributed by atoms with E-state index in [-0.39, 0.29) is 10.6 Å². The van der Waals surface area contributed by atoms with E-state index < -0.39 is 0 Å². The number of halogens is 1. The molecule has 76 valence electrons. The molecule has 0 heterocycles. The van der Waals surface area contributed by atoms with Crippen LogP contribution in [-0.4, -0.2) is 10.6 Å². The Morgan fingerprint density at radius 1 is 1.36 bits per heavy atom. The molecule has 0 amide bonds. The van der Waals surface area contributed by atoms with Gasteiger partial charge in [-0.15, -0.1) is 0 Å². The molecule has 0 spiro atoms. The molecule has 1 nitrogen and oxygen atoms in total. The van der Waals surface area contributed by atoms with E-state index >= 15 is 0 Å². The van der Waals surface area contributed by atoms with Crippen molar-refractivity contribution in [1.82, 2.24) is 0 Å². The van der Waals surface area contributed by atoms with Gasteiger partial charge in [-0.05, 0) is 37.5 Å². The molecule has 14 heavy (non-hydrogen) atoms. The van der Waals surface area contributed by atoms with Crippen molar-refractivity contribution in [3.05, 3.63) is 34.9 Å². The molecule has 0 aromatic heterocycles. The highest BCUT2D eigenvalue weighted by atomic mass is 79.9. The molecule has 1 aromatic carbocycles. The second-order valence-electron chi connectivity index (χ2n) is 3.54. The van der Waals surface area contributed by atoms with Crippen molar-refractivity contribution in [3.63, 3.8) is 0 Å². The lowest BCUT2D eigenvalue weighted by molar-refractivity contribution is 0.0990. The van der Waals surface area contributed by atoms with Gasteiger partial charge in [0.25, 0.3) is 0 Å². The quantitative estimate of drug-likeness (QED) is 0.595. The average Bonchev–Trinajstić information content (AvgIpc) is 2.20. The highest BCUT2D eigenvalue weighted by Crippen LogP contribution is 2.16. The highest BCUT2D eigenvalue weighted by molar-refractivity contribution is 9.10. The van der Waals surface area contributed by atoms with Gasteiger partial charge in [-0.25, -0.2) is 0 Å². The Morgan fingerprint density at radius 3 is 2.50 bits per heavy atom. The zero-order chi connectivity index (χ0) is 10.7. The molecule has 1 rings (SSSR count). The lowest BCUT2D eigenvalue weighted by Crippen LogP contribution is -2.13. The largest absolute Gasteiger partial charge is 0.293 e. The van der Waals surface area contributed by atoms with Crippen LogP contribution < -0.4 is 0 Å². The van der Waals surface area contributed by atoms with Crippen LogP contribution in [0.4, 0.5) is 0 Å². The first-order chi connectivity index (χ1) is 6.56. The van der Waals surface area contributed by atoms with E-state index in [2.05, 4.69) is 22.9 Å². The van der Waals surface area contributed by atoms with Gasteiger partial charge < -0.3 is 0 Å². The van der Waals surface area contributed by atoms with E-state index in [4.69, 9.17) is 0 Å².